The zero-order valence-electron chi connectivity index (χ0n) is 10.6. The summed E-state index contributed by atoms with van der Waals surface area (Å²) in [5.41, 5.74) is 2.43. The standard InChI is InChI=1S/C10H16N8S/c1-19-6-2-3-13-8-14-9(17-11)16-10(15-8)18-5-4-12-7-18/h4-5,7H,2-3,6,11H2,1H3,(H2,13,14,15,16,17). The normalized spacial score (nSPS) is 10.4. The number of hydrazine groups is 1. The van der Waals surface area contributed by atoms with Crippen LogP contribution in [0.2, 0.25) is 0 Å². The Labute approximate surface area is 115 Å². The van der Waals surface area contributed by atoms with Crippen LogP contribution in [-0.2, 0) is 0 Å². The second kappa shape index (κ2) is 6.90. The fourth-order valence-electron chi connectivity index (χ4n) is 1.42. The summed E-state index contributed by atoms with van der Waals surface area (Å²) in [4.78, 5) is 16.6. The number of imidazole rings is 1. The van der Waals surface area contributed by atoms with Crippen LogP contribution in [0.4, 0.5) is 11.9 Å². The van der Waals surface area contributed by atoms with E-state index < -0.39 is 0 Å². The molecule has 8 nitrogen and oxygen atoms in total. The molecule has 2 rings (SSSR count). The Bertz CT molecular complexity index is 500. The first-order valence-corrected chi connectivity index (χ1v) is 7.16. The van der Waals surface area contributed by atoms with Gasteiger partial charge in [-0.05, 0) is 18.4 Å². The molecule has 9 heteroatoms. The van der Waals surface area contributed by atoms with Crippen molar-refractivity contribution in [3.05, 3.63) is 18.7 Å². The van der Waals surface area contributed by atoms with Gasteiger partial charge >= 0.3 is 0 Å². The lowest BCUT2D eigenvalue weighted by Gasteiger charge is -2.08. The van der Waals surface area contributed by atoms with Gasteiger partial charge in [-0.1, -0.05) is 0 Å². The van der Waals surface area contributed by atoms with Gasteiger partial charge in [0.2, 0.25) is 17.8 Å². The number of nitrogen functional groups attached to an aromatic ring is 1. The molecule has 0 bridgehead atoms. The van der Waals surface area contributed by atoms with E-state index in [9.17, 15) is 0 Å². The lowest BCUT2D eigenvalue weighted by molar-refractivity contribution is 0.880. The van der Waals surface area contributed by atoms with Crippen LogP contribution in [0.3, 0.4) is 0 Å². The Hall–Kier alpha value is -1.87. The number of nitrogens with zero attached hydrogens (tertiary/aromatic N) is 5. The van der Waals surface area contributed by atoms with E-state index in [-0.39, 0.29) is 0 Å². The van der Waals surface area contributed by atoms with Crippen LogP contribution < -0.4 is 16.6 Å². The smallest absolute Gasteiger partial charge is 0.243 e. The topological polar surface area (TPSA) is 107 Å². The number of hydrogen-bond donors (Lipinski definition) is 3. The largest absolute Gasteiger partial charge is 0.354 e. The molecule has 0 fully saturated rings. The highest BCUT2D eigenvalue weighted by molar-refractivity contribution is 7.98. The molecule has 0 unspecified atom stereocenters. The summed E-state index contributed by atoms with van der Waals surface area (Å²) in [6.07, 6.45) is 8.15. The van der Waals surface area contributed by atoms with Crippen LogP contribution in [0, 0.1) is 0 Å². The van der Waals surface area contributed by atoms with E-state index in [1.54, 1.807) is 23.3 Å². The van der Waals surface area contributed by atoms with Crippen molar-refractivity contribution < 1.29 is 0 Å². The van der Waals surface area contributed by atoms with Crippen molar-refractivity contribution in [2.45, 2.75) is 6.42 Å². The first-order chi connectivity index (χ1) is 9.33. The predicted molar refractivity (Wildman–Crippen MR) is 76.2 cm³/mol. The maximum absolute atomic E-state index is 5.36. The Morgan fingerprint density at radius 3 is 2.84 bits per heavy atom. The number of nitrogens with two attached hydrogens (primary N) is 1. The third-order valence-electron chi connectivity index (χ3n) is 2.30. The van der Waals surface area contributed by atoms with Gasteiger partial charge in [0.05, 0.1) is 0 Å². The van der Waals surface area contributed by atoms with E-state index in [4.69, 9.17) is 5.84 Å². The molecule has 2 heterocycles. The summed E-state index contributed by atoms with van der Waals surface area (Å²) in [7, 11) is 0. The molecule has 4 N–H and O–H groups in total. The summed E-state index contributed by atoms with van der Waals surface area (Å²) >= 11 is 1.81. The van der Waals surface area contributed by atoms with Gasteiger partial charge in [0.1, 0.15) is 6.33 Å². The quantitative estimate of drug-likeness (QED) is 0.382. The minimum atomic E-state index is 0.311. The Morgan fingerprint density at radius 2 is 2.16 bits per heavy atom. The molecular formula is C10H16N8S. The van der Waals surface area contributed by atoms with Gasteiger partial charge in [-0.3, -0.25) is 9.99 Å². The van der Waals surface area contributed by atoms with E-state index in [0.717, 1.165) is 18.7 Å². The molecular weight excluding hydrogens is 264 g/mol. The third-order valence-corrected chi connectivity index (χ3v) is 2.99. The number of hydrogen-bond acceptors (Lipinski definition) is 8. The first-order valence-electron chi connectivity index (χ1n) is 5.77. The Kier molecular flexibility index (Phi) is 4.93. The van der Waals surface area contributed by atoms with Gasteiger partial charge in [-0.2, -0.15) is 26.7 Å². The highest BCUT2D eigenvalue weighted by Crippen LogP contribution is 2.08. The van der Waals surface area contributed by atoms with Crippen molar-refractivity contribution in [2.75, 3.05) is 29.3 Å². The van der Waals surface area contributed by atoms with E-state index in [1.165, 1.54) is 0 Å². The van der Waals surface area contributed by atoms with Gasteiger partial charge in [0.15, 0.2) is 0 Å². The highest BCUT2D eigenvalue weighted by atomic mass is 32.2. The summed E-state index contributed by atoms with van der Waals surface area (Å²) < 4.78 is 1.69. The number of aromatic nitrogens is 5. The summed E-state index contributed by atoms with van der Waals surface area (Å²) in [5, 5.41) is 3.15. The Morgan fingerprint density at radius 1 is 1.32 bits per heavy atom. The predicted octanol–water partition coefficient (Wildman–Crippen LogP) is 0.508. The highest BCUT2D eigenvalue weighted by Gasteiger charge is 2.06. The average Bonchev–Trinajstić information content (AvgIpc) is 2.97. The molecule has 0 radical (unpaired) electrons. The number of anilines is 2. The van der Waals surface area contributed by atoms with Crippen molar-refractivity contribution in [1.82, 2.24) is 24.5 Å². The maximum Gasteiger partial charge on any atom is 0.243 e. The molecule has 0 aliphatic rings. The molecule has 0 aliphatic heterocycles. The zero-order valence-corrected chi connectivity index (χ0v) is 11.4. The minimum absolute atomic E-state index is 0.311. The average molecular weight is 280 g/mol. The van der Waals surface area contributed by atoms with Gasteiger partial charge in [-0.15, -0.1) is 0 Å². The van der Waals surface area contributed by atoms with Crippen LogP contribution in [0.25, 0.3) is 5.95 Å². The molecule has 0 spiro atoms. The lowest BCUT2D eigenvalue weighted by atomic mass is 10.5. The van der Waals surface area contributed by atoms with E-state index in [2.05, 4.69) is 36.9 Å². The SMILES string of the molecule is CSCCCNc1nc(NN)nc(-n2ccnc2)n1. The minimum Gasteiger partial charge on any atom is -0.354 e. The fraction of sp³-hybridized carbons (Fsp3) is 0.400. The van der Waals surface area contributed by atoms with Crippen molar-refractivity contribution in [2.24, 2.45) is 5.84 Å². The molecule has 0 amide bonds. The molecule has 2 aromatic rings. The molecule has 0 aromatic carbocycles. The fourth-order valence-corrected chi connectivity index (χ4v) is 1.85. The van der Waals surface area contributed by atoms with Crippen molar-refractivity contribution >= 4 is 23.7 Å². The maximum atomic E-state index is 5.36. The molecule has 0 saturated heterocycles. The molecule has 19 heavy (non-hydrogen) atoms. The molecule has 0 atom stereocenters. The van der Waals surface area contributed by atoms with Gasteiger partial charge in [-0.25, -0.2) is 10.8 Å². The number of nitrogens with one attached hydrogen (secondary N) is 2. The van der Waals surface area contributed by atoms with Gasteiger partial charge in [0.25, 0.3) is 0 Å². The van der Waals surface area contributed by atoms with Crippen molar-refractivity contribution in [3.8, 4) is 5.95 Å². The van der Waals surface area contributed by atoms with Crippen LogP contribution >= 0.6 is 11.8 Å². The molecule has 0 saturated carbocycles. The van der Waals surface area contributed by atoms with Gasteiger partial charge in [0, 0.05) is 18.9 Å². The molecule has 2 aromatic heterocycles. The van der Waals surface area contributed by atoms with Crippen LogP contribution in [-0.4, -0.2) is 43.1 Å². The number of thioether (sulfide) groups is 1. The van der Waals surface area contributed by atoms with E-state index in [1.807, 2.05) is 11.8 Å². The van der Waals surface area contributed by atoms with Crippen LogP contribution in [0.1, 0.15) is 6.42 Å². The zero-order chi connectivity index (χ0) is 13.5. The van der Waals surface area contributed by atoms with Crippen molar-refractivity contribution in [3.63, 3.8) is 0 Å². The first kappa shape index (κ1) is 13.6. The second-order valence-electron chi connectivity index (χ2n) is 3.67. The second-order valence-corrected chi connectivity index (χ2v) is 4.66. The van der Waals surface area contributed by atoms with E-state index in [0.29, 0.717) is 17.8 Å². The molecule has 102 valence electrons. The summed E-state index contributed by atoms with van der Waals surface area (Å²) in [6, 6.07) is 0. The lowest BCUT2D eigenvalue weighted by Crippen LogP contribution is -2.16. The Balaban J connectivity index is 2.12. The monoisotopic (exact) mass is 280 g/mol. The summed E-state index contributed by atoms with van der Waals surface area (Å²) in [5.74, 6) is 7.72. The van der Waals surface area contributed by atoms with Gasteiger partial charge < -0.3 is 5.32 Å². The number of rotatable bonds is 7. The summed E-state index contributed by atoms with van der Waals surface area (Å²) in [6.45, 7) is 0.804. The van der Waals surface area contributed by atoms with Crippen LogP contribution in [0.15, 0.2) is 18.7 Å². The van der Waals surface area contributed by atoms with Crippen LogP contribution in [0.5, 0.6) is 0 Å². The third kappa shape index (κ3) is 3.80. The molecule has 0 aliphatic carbocycles. The van der Waals surface area contributed by atoms with E-state index >= 15 is 0 Å². The van der Waals surface area contributed by atoms with Crippen molar-refractivity contribution in [1.29, 1.82) is 0 Å².